The summed E-state index contributed by atoms with van der Waals surface area (Å²) in [5.41, 5.74) is 1.55. The Labute approximate surface area is 151 Å². The van der Waals surface area contributed by atoms with Crippen LogP contribution in [0.1, 0.15) is 46.9 Å². The first-order chi connectivity index (χ1) is 12.0. The second-order valence-corrected chi connectivity index (χ2v) is 7.39. The molecular weight excluding hydrogens is 336 g/mol. The molecule has 1 fully saturated rings. The molecule has 1 N–H and O–H groups in total. The summed E-state index contributed by atoms with van der Waals surface area (Å²) in [6.07, 6.45) is 4.61. The third kappa shape index (κ3) is 4.22. The van der Waals surface area contributed by atoms with Crippen molar-refractivity contribution in [3.8, 4) is 0 Å². The van der Waals surface area contributed by atoms with Crippen molar-refractivity contribution >= 4 is 23.2 Å². The zero-order valence-corrected chi connectivity index (χ0v) is 15.3. The monoisotopic (exact) mass is 358 g/mol. The van der Waals surface area contributed by atoms with Crippen LogP contribution >= 0.6 is 11.3 Å². The number of aromatic nitrogens is 2. The maximum absolute atomic E-state index is 12.5. The summed E-state index contributed by atoms with van der Waals surface area (Å²) in [5.74, 6) is 0.00501. The van der Waals surface area contributed by atoms with Crippen molar-refractivity contribution in [1.29, 1.82) is 0 Å². The van der Waals surface area contributed by atoms with Crippen LogP contribution in [0, 0.1) is 12.8 Å². The Balaban J connectivity index is 1.51. The second kappa shape index (κ2) is 7.74. The van der Waals surface area contributed by atoms with E-state index in [1.807, 2.05) is 24.1 Å². The maximum Gasteiger partial charge on any atom is 0.253 e. The highest BCUT2D eigenvalue weighted by Crippen LogP contribution is 2.21. The van der Waals surface area contributed by atoms with Gasteiger partial charge in [-0.1, -0.05) is 0 Å². The molecule has 3 rings (SSSR count). The fraction of sp³-hybridized carbons (Fsp3) is 0.444. The van der Waals surface area contributed by atoms with E-state index in [9.17, 15) is 9.59 Å². The Morgan fingerprint density at radius 3 is 2.56 bits per heavy atom. The van der Waals surface area contributed by atoms with E-state index in [-0.39, 0.29) is 23.8 Å². The van der Waals surface area contributed by atoms with Crippen LogP contribution in [0.3, 0.4) is 0 Å². The predicted octanol–water partition coefficient (Wildman–Crippen LogP) is 2.58. The van der Waals surface area contributed by atoms with Gasteiger partial charge >= 0.3 is 0 Å². The number of rotatable bonds is 4. The number of hydrogen-bond donors (Lipinski definition) is 1. The molecule has 132 valence electrons. The molecule has 6 nitrogen and oxygen atoms in total. The van der Waals surface area contributed by atoms with Crippen LogP contribution in [-0.2, 0) is 4.79 Å². The molecule has 25 heavy (non-hydrogen) atoms. The summed E-state index contributed by atoms with van der Waals surface area (Å²) in [6.45, 7) is 5.11. The molecule has 1 saturated heterocycles. The number of pyridine rings is 1. The molecule has 0 saturated carbocycles. The third-order valence-electron chi connectivity index (χ3n) is 4.52. The average molecular weight is 358 g/mol. The molecule has 3 heterocycles. The fourth-order valence-electron chi connectivity index (χ4n) is 3.01. The van der Waals surface area contributed by atoms with Crippen LogP contribution in [0.25, 0.3) is 0 Å². The zero-order chi connectivity index (χ0) is 17.8. The van der Waals surface area contributed by atoms with E-state index >= 15 is 0 Å². The number of aryl methyl sites for hydroxylation is 1. The largest absolute Gasteiger partial charge is 0.348 e. The Bertz CT molecular complexity index is 739. The van der Waals surface area contributed by atoms with Gasteiger partial charge in [0.05, 0.1) is 16.7 Å². The Morgan fingerprint density at radius 1 is 1.28 bits per heavy atom. The molecule has 1 aliphatic rings. The predicted molar refractivity (Wildman–Crippen MR) is 96.3 cm³/mol. The maximum atomic E-state index is 12.5. The summed E-state index contributed by atoms with van der Waals surface area (Å²) in [4.78, 5) is 35.1. The lowest BCUT2D eigenvalue weighted by atomic mass is 9.95. The molecular formula is C18H22N4O2S. The molecule has 0 aliphatic carbocycles. The Hall–Kier alpha value is -2.28. The minimum absolute atomic E-state index is 0.00701. The Morgan fingerprint density at radius 2 is 1.96 bits per heavy atom. The molecule has 1 atom stereocenters. The standard InChI is InChI=1S/C18H22N4O2S/c1-12(16-11-25-13(2)21-16)20-17(23)14-5-9-22(10-6-14)18(24)15-3-7-19-8-4-15/h3-4,7-8,11-12,14H,5-6,9-10H2,1-2H3,(H,20,23)/t12-/m0/s1. The van der Waals surface area contributed by atoms with Gasteiger partial charge in [0.1, 0.15) is 0 Å². The number of hydrogen-bond acceptors (Lipinski definition) is 5. The summed E-state index contributed by atoms with van der Waals surface area (Å²) in [7, 11) is 0. The number of carbonyl (C=O) groups is 2. The lowest BCUT2D eigenvalue weighted by Crippen LogP contribution is -2.43. The van der Waals surface area contributed by atoms with E-state index in [0.717, 1.165) is 10.7 Å². The quantitative estimate of drug-likeness (QED) is 0.911. The summed E-state index contributed by atoms with van der Waals surface area (Å²) < 4.78 is 0. The van der Waals surface area contributed by atoms with Gasteiger partial charge < -0.3 is 10.2 Å². The van der Waals surface area contributed by atoms with Crippen LogP contribution in [0.2, 0.25) is 0 Å². The van der Waals surface area contributed by atoms with Gasteiger partial charge in [-0.15, -0.1) is 11.3 Å². The molecule has 2 aromatic rings. The molecule has 0 unspecified atom stereocenters. The number of likely N-dealkylation sites (tertiary alicyclic amines) is 1. The summed E-state index contributed by atoms with van der Waals surface area (Å²) >= 11 is 1.59. The minimum Gasteiger partial charge on any atom is -0.348 e. The van der Waals surface area contributed by atoms with Gasteiger partial charge in [0.25, 0.3) is 5.91 Å². The highest BCUT2D eigenvalue weighted by molar-refractivity contribution is 7.09. The molecule has 2 aromatic heterocycles. The van der Waals surface area contributed by atoms with Gasteiger partial charge in [-0.3, -0.25) is 14.6 Å². The SMILES string of the molecule is Cc1nc([C@H](C)NC(=O)C2CCN(C(=O)c3ccncc3)CC2)cs1. The smallest absolute Gasteiger partial charge is 0.253 e. The number of nitrogens with one attached hydrogen (secondary N) is 1. The molecule has 0 bridgehead atoms. The van der Waals surface area contributed by atoms with E-state index in [4.69, 9.17) is 0 Å². The van der Waals surface area contributed by atoms with Gasteiger partial charge in [-0.25, -0.2) is 4.98 Å². The highest BCUT2D eigenvalue weighted by atomic mass is 32.1. The summed E-state index contributed by atoms with van der Waals surface area (Å²) in [6, 6.07) is 3.35. The van der Waals surface area contributed by atoms with E-state index in [1.165, 1.54) is 0 Å². The van der Waals surface area contributed by atoms with Crippen LogP contribution in [0.5, 0.6) is 0 Å². The summed E-state index contributed by atoms with van der Waals surface area (Å²) in [5, 5.41) is 6.03. The molecule has 0 radical (unpaired) electrons. The topological polar surface area (TPSA) is 75.2 Å². The highest BCUT2D eigenvalue weighted by Gasteiger charge is 2.28. The number of amides is 2. The minimum atomic E-state index is -0.0890. The van der Waals surface area contributed by atoms with Crippen LogP contribution in [0.4, 0.5) is 0 Å². The van der Waals surface area contributed by atoms with E-state index < -0.39 is 0 Å². The fourth-order valence-corrected chi connectivity index (χ4v) is 3.71. The van der Waals surface area contributed by atoms with E-state index in [0.29, 0.717) is 31.5 Å². The van der Waals surface area contributed by atoms with Gasteiger partial charge in [0, 0.05) is 42.3 Å². The van der Waals surface area contributed by atoms with Crippen molar-refractivity contribution in [3.05, 3.63) is 46.2 Å². The molecule has 7 heteroatoms. The van der Waals surface area contributed by atoms with Crippen LogP contribution in [0.15, 0.2) is 29.9 Å². The first kappa shape index (κ1) is 17.5. The van der Waals surface area contributed by atoms with Crippen molar-refractivity contribution in [1.82, 2.24) is 20.2 Å². The van der Waals surface area contributed by atoms with Crippen LogP contribution < -0.4 is 5.32 Å². The van der Waals surface area contributed by atoms with Crippen molar-refractivity contribution in [2.24, 2.45) is 5.92 Å². The van der Waals surface area contributed by atoms with Gasteiger partial charge in [-0.05, 0) is 38.8 Å². The lowest BCUT2D eigenvalue weighted by molar-refractivity contribution is -0.127. The number of thiazole rings is 1. The van der Waals surface area contributed by atoms with Gasteiger partial charge in [-0.2, -0.15) is 0 Å². The Kier molecular flexibility index (Phi) is 5.43. The van der Waals surface area contributed by atoms with Gasteiger partial charge in [0.15, 0.2) is 0 Å². The molecule has 1 aliphatic heterocycles. The molecule has 0 aromatic carbocycles. The normalized spacial score (nSPS) is 16.5. The van der Waals surface area contributed by atoms with Gasteiger partial charge in [0.2, 0.25) is 5.91 Å². The second-order valence-electron chi connectivity index (χ2n) is 6.32. The van der Waals surface area contributed by atoms with E-state index in [2.05, 4.69) is 15.3 Å². The van der Waals surface area contributed by atoms with Crippen molar-refractivity contribution in [2.45, 2.75) is 32.7 Å². The van der Waals surface area contributed by atoms with Crippen LogP contribution in [-0.4, -0.2) is 39.8 Å². The van der Waals surface area contributed by atoms with Crippen molar-refractivity contribution in [3.63, 3.8) is 0 Å². The number of nitrogens with zero attached hydrogens (tertiary/aromatic N) is 3. The van der Waals surface area contributed by atoms with Crippen molar-refractivity contribution in [2.75, 3.05) is 13.1 Å². The van der Waals surface area contributed by atoms with Crippen molar-refractivity contribution < 1.29 is 9.59 Å². The van der Waals surface area contributed by atoms with E-state index in [1.54, 1.807) is 35.9 Å². The number of carbonyl (C=O) groups excluding carboxylic acids is 2. The number of piperidine rings is 1. The molecule has 2 amide bonds. The third-order valence-corrected chi connectivity index (χ3v) is 5.31. The lowest BCUT2D eigenvalue weighted by Gasteiger charge is -2.31. The zero-order valence-electron chi connectivity index (χ0n) is 14.4. The first-order valence-corrected chi connectivity index (χ1v) is 9.34. The average Bonchev–Trinajstić information content (AvgIpc) is 3.08. The molecule has 0 spiro atoms. The first-order valence-electron chi connectivity index (χ1n) is 8.46.